The number of carbonyl (C=O) groups is 1. The van der Waals surface area contributed by atoms with Crippen LogP contribution in [0.5, 0.6) is 0 Å². The highest BCUT2D eigenvalue weighted by Gasteiger charge is 2.41. The average Bonchev–Trinajstić information content (AvgIpc) is 2.87. The molecular formula is C16H20N4O3. The average molecular weight is 316 g/mol. The number of carbonyl (C=O) groups excluding carboxylic acids is 1. The van der Waals surface area contributed by atoms with Gasteiger partial charge in [-0.1, -0.05) is 6.42 Å². The molecule has 7 heteroatoms. The Balaban J connectivity index is 2.17. The zero-order valence-electron chi connectivity index (χ0n) is 13.4. The molecule has 1 aromatic rings. The largest absolute Gasteiger partial charge is 0.462 e. The number of fused-ring (bicyclic) bond motifs is 1. The van der Waals surface area contributed by atoms with Crippen LogP contribution >= 0.6 is 0 Å². The highest BCUT2D eigenvalue weighted by molar-refractivity contribution is 5.97. The quantitative estimate of drug-likeness (QED) is 0.808. The van der Waals surface area contributed by atoms with Crippen molar-refractivity contribution in [2.75, 3.05) is 17.3 Å². The van der Waals surface area contributed by atoms with Gasteiger partial charge in [0.05, 0.1) is 6.61 Å². The van der Waals surface area contributed by atoms with Gasteiger partial charge in [-0.15, -0.1) is 0 Å². The number of nitriles is 1. The number of aromatic nitrogens is 1. The third kappa shape index (κ3) is 2.34. The molecule has 122 valence electrons. The van der Waals surface area contributed by atoms with Gasteiger partial charge in [0.2, 0.25) is 0 Å². The molecule has 1 fully saturated rings. The van der Waals surface area contributed by atoms with Gasteiger partial charge in [0.1, 0.15) is 28.7 Å². The Kier molecular flexibility index (Phi) is 3.76. The minimum Gasteiger partial charge on any atom is -0.462 e. The number of ether oxygens (including phenoxy) is 1. The summed E-state index contributed by atoms with van der Waals surface area (Å²) in [5.74, 6) is -0.112. The Morgan fingerprint density at radius 2 is 2.09 bits per heavy atom. The number of pyridine rings is 1. The summed E-state index contributed by atoms with van der Waals surface area (Å²) < 4.78 is 6.43. The maximum absolute atomic E-state index is 12.6. The fourth-order valence-corrected chi connectivity index (χ4v) is 3.46. The Labute approximate surface area is 134 Å². The van der Waals surface area contributed by atoms with Crippen molar-refractivity contribution < 1.29 is 9.53 Å². The summed E-state index contributed by atoms with van der Waals surface area (Å²) in [4.78, 5) is 24.9. The first kappa shape index (κ1) is 15.4. The number of rotatable bonds is 2. The van der Waals surface area contributed by atoms with E-state index in [1.807, 2.05) is 6.07 Å². The topological polar surface area (TPSA) is 96.2 Å². The summed E-state index contributed by atoms with van der Waals surface area (Å²) in [6.45, 7) is 3.57. The van der Waals surface area contributed by atoms with Crippen LogP contribution in [0, 0.1) is 18.3 Å². The maximum Gasteiger partial charge on any atom is 0.342 e. The molecule has 7 nitrogen and oxygen atoms in total. The van der Waals surface area contributed by atoms with Gasteiger partial charge < -0.3 is 10.1 Å². The summed E-state index contributed by atoms with van der Waals surface area (Å²) in [6.07, 6.45) is 4.96. The van der Waals surface area contributed by atoms with Crippen molar-refractivity contribution in [3.63, 3.8) is 0 Å². The van der Waals surface area contributed by atoms with Crippen molar-refractivity contribution in [3.8, 4) is 6.07 Å². The third-order valence-electron chi connectivity index (χ3n) is 4.61. The molecule has 0 amide bonds. The van der Waals surface area contributed by atoms with E-state index in [0.717, 1.165) is 32.1 Å². The Morgan fingerprint density at radius 1 is 1.39 bits per heavy atom. The van der Waals surface area contributed by atoms with Crippen LogP contribution in [0.1, 0.15) is 60.5 Å². The standard InChI is InChI=1S/C16H20N4O3/c1-3-23-15(22)12-10(2)11(9-17)14(21)20-13(12)18-16(19-20)7-5-4-6-8-16/h18-19H,3-8H2,1-2H3. The molecule has 23 heavy (non-hydrogen) atoms. The molecule has 0 aromatic carbocycles. The molecule has 0 radical (unpaired) electrons. The van der Waals surface area contributed by atoms with Gasteiger partial charge in [0.25, 0.3) is 5.56 Å². The molecular weight excluding hydrogens is 296 g/mol. The van der Waals surface area contributed by atoms with Crippen LogP contribution in [0.2, 0.25) is 0 Å². The van der Waals surface area contributed by atoms with Crippen molar-refractivity contribution in [2.24, 2.45) is 0 Å². The number of hydrogen-bond donors (Lipinski definition) is 2. The lowest BCUT2D eigenvalue weighted by Gasteiger charge is -2.33. The summed E-state index contributed by atoms with van der Waals surface area (Å²) in [7, 11) is 0. The Bertz CT molecular complexity index is 754. The van der Waals surface area contributed by atoms with Crippen molar-refractivity contribution >= 4 is 11.8 Å². The lowest BCUT2D eigenvalue weighted by molar-refractivity contribution is 0.0526. The van der Waals surface area contributed by atoms with Crippen molar-refractivity contribution in [3.05, 3.63) is 27.0 Å². The molecule has 0 atom stereocenters. The molecule has 2 heterocycles. The second-order valence-electron chi connectivity index (χ2n) is 6.08. The van der Waals surface area contributed by atoms with Crippen LogP contribution in [-0.2, 0) is 4.74 Å². The molecule has 0 unspecified atom stereocenters. The predicted octanol–water partition coefficient (Wildman–Crippen LogP) is 1.83. The van der Waals surface area contributed by atoms with Gasteiger partial charge in [-0.25, -0.2) is 9.47 Å². The van der Waals surface area contributed by atoms with E-state index in [9.17, 15) is 14.9 Å². The summed E-state index contributed by atoms with van der Waals surface area (Å²) in [5.41, 5.74) is 2.94. The molecule has 0 saturated heterocycles. The molecule has 1 aromatic heterocycles. The smallest absolute Gasteiger partial charge is 0.342 e. The van der Waals surface area contributed by atoms with E-state index in [1.165, 1.54) is 4.68 Å². The van der Waals surface area contributed by atoms with Crippen LogP contribution in [-0.4, -0.2) is 22.9 Å². The van der Waals surface area contributed by atoms with Gasteiger partial charge >= 0.3 is 5.97 Å². The third-order valence-corrected chi connectivity index (χ3v) is 4.61. The van der Waals surface area contributed by atoms with Crippen molar-refractivity contribution in [2.45, 2.75) is 51.6 Å². The van der Waals surface area contributed by atoms with E-state index < -0.39 is 17.2 Å². The number of nitrogens with zero attached hydrogens (tertiary/aromatic N) is 2. The van der Waals surface area contributed by atoms with E-state index in [1.54, 1.807) is 13.8 Å². The zero-order chi connectivity index (χ0) is 16.6. The molecule has 2 N–H and O–H groups in total. The molecule has 3 rings (SSSR count). The van der Waals surface area contributed by atoms with Gasteiger partial charge in [-0.05, 0) is 45.1 Å². The van der Waals surface area contributed by atoms with Crippen LogP contribution in [0.3, 0.4) is 0 Å². The van der Waals surface area contributed by atoms with Crippen LogP contribution < -0.4 is 16.3 Å². The number of hydrogen-bond acceptors (Lipinski definition) is 6. The fourth-order valence-electron chi connectivity index (χ4n) is 3.46. The minimum absolute atomic E-state index is 0.0287. The van der Waals surface area contributed by atoms with Gasteiger partial charge in [0.15, 0.2) is 0 Å². The lowest BCUT2D eigenvalue weighted by atomic mass is 9.89. The highest BCUT2D eigenvalue weighted by atomic mass is 16.5. The van der Waals surface area contributed by atoms with E-state index in [-0.39, 0.29) is 17.7 Å². The van der Waals surface area contributed by atoms with Gasteiger partial charge in [0, 0.05) is 0 Å². The first-order valence-electron chi connectivity index (χ1n) is 7.96. The lowest BCUT2D eigenvalue weighted by Crippen LogP contribution is -2.46. The fraction of sp³-hybridized carbons (Fsp3) is 0.562. The zero-order valence-corrected chi connectivity index (χ0v) is 13.4. The van der Waals surface area contributed by atoms with Crippen molar-refractivity contribution in [1.82, 2.24) is 4.68 Å². The first-order valence-corrected chi connectivity index (χ1v) is 7.96. The Hall–Kier alpha value is -2.49. The molecule has 1 spiro atoms. The SMILES string of the molecule is CCOC(=O)c1c(C)c(C#N)c(=O)n2c1NC1(CCCCC1)N2. The molecule has 2 aliphatic rings. The second-order valence-corrected chi connectivity index (χ2v) is 6.08. The van der Waals surface area contributed by atoms with E-state index >= 15 is 0 Å². The molecule has 0 bridgehead atoms. The number of nitrogens with one attached hydrogen (secondary N) is 2. The van der Waals surface area contributed by atoms with Crippen LogP contribution in [0.25, 0.3) is 0 Å². The first-order chi connectivity index (χ1) is 11.0. The minimum atomic E-state index is -0.521. The van der Waals surface area contributed by atoms with Crippen LogP contribution in [0.4, 0.5) is 5.82 Å². The second kappa shape index (κ2) is 5.61. The number of anilines is 1. The molecule has 1 aliphatic heterocycles. The summed E-state index contributed by atoms with van der Waals surface area (Å²) >= 11 is 0. The Morgan fingerprint density at radius 3 is 2.70 bits per heavy atom. The van der Waals surface area contributed by atoms with E-state index in [2.05, 4.69) is 10.7 Å². The summed E-state index contributed by atoms with van der Waals surface area (Å²) in [6, 6.07) is 1.91. The molecule has 1 aliphatic carbocycles. The van der Waals surface area contributed by atoms with Crippen LogP contribution in [0.15, 0.2) is 4.79 Å². The highest BCUT2D eigenvalue weighted by Crippen LogP contribution is 2.36. The normalized spacial score (nSPS) is 17.8. The number of esters is 1. The molecule has 1 saturated carbocycles. The van der Waals surface area contributed by atoms with E-state index in [0.29, 0.717) is 11.4 Å². The predicted molar refractivity (Wildman–Crippen MR) is 84.9 cm³/mol. The van der Waals surface area contributed by atoms with Gasteiger partial charge in [-0.2, -0.15) is 5.26 Å². The van der Waals surface area contributed by atoms with E-state index in [4.69, 9.17) is 4.74 Å². The summed E-state index contributed by atoms with van der Waals surface area (Å²) in [5, 5.41) is 12.6. The van der Waals surface area contributed by atoms with Crippen molar-refractivity contribution in [1.29, 1.82) is 5.26 Å². The maximum atomic E-state index is 12.6. The van der Waals surface area contributed by atoms with Gasteiger partial charge in [-0.3, -0.25) is 10.2 Å². The monoisotopic (exact) mass is 316 g/mol.